The van der Waals surface area contributed by atoms with Crippen LogP contribution in [0.25, 0.3) is 11.3 Å². The molecule has 9 rings (SSSR count). The quantitative estimate of drug-likeness (QED) is 0.262. The first-order valence-electron chi connectivity index (χ1n) is 21.3. The number of phenolic OH excluding ortho intramolecular Hbond substituents is 1. The van der Waals surface area contributed by atoms with Crippen LogP contribution in [0.15, 0.2) is 48.5 Å². The number of hydrogen-bond donors (Lipinski definition) is 2. The van der Waals surface area contributed by atoms with Gasteiger partial charge in [0.15, 0.2) is 12.5 Å². The highest BCUT2D eigenvalue weighted by molar-refractivity contribution is 6.25. The molecule has 0 bridgehead atoms. The van der Waals surface area contributed by atoms with Crippen molar-refractivity contribution in [2.75, 3.05) is 74.2 Å². The van der Waals surface area contributed by atoms with Crippen molar-refractivity contribution >= 4 is 46.8 Å². The lowest BCUT2D eigenvalue weighted by Crippen LogP contribution is -2.61. The van der Waals surface area contributed by atoms with Crippen molar-refractivity contribution in [3.05, 3.63) is 59.7 Å². The van der Waals surface area contributed by atoms with Gasteiger partial charge in [0.25, 0.3) is 17.7 Å². The Hall–Kier alpha value is -5.61. The molecule has 4 amide bonds. The Labute approximate surface area is 349 Å². The van der Waals surface area contributed by atoms with Gasteiger partial charge in [-0.1, -0.05) is 18.2 Å². The molecule has 16 heteroatoms. The molecule has 2 atom stereocenters. The molecule has 6 aliphatic heterocycles. The minimum Gasteiger partial charge on any atom is -0.507 e. The molecule has 3 aromatic rings. The molecule has 2 aromatic carbocycles. The summed E-state index contributed by atoms with van der Waals surface area (Å²) in [5.41, 5.74) is 2.81. The molecule has 4 saturated heterocycles. The number of fused-ring (bicyclic) bond motifs is 4. The molecule has 0 saturated carbocycles. The number of benzene rings is 2. The lowest BCUT2D eigenvalue weighted by molar-refractivity contribution is -0.168. The third-order valence-corrected chi connectivity index (χ3v) is 13.3. The number of aromatic hydroxyl groups is 1. The predicted molar refractivity (Wildman–Crippen MR) is 222 cm³/mol. The van der Waals surface area contributed by atoms with Crippen molar-refractivity contribution in [3.8, 4) is 17.0 Å². The van der Waals surface area contributed by atoms with E-state index in [4.69, 9.17) is 4.74 Å². The number of anilines is 3. The highest BCUT2D eigenvalue weighted by Gasteiger charge is 2.49. The number of likely N-dealkylation sites (tertiary alicyclic amines) is 2. The first-order valence-corrected chi connectivity index (χ1v) is 21.3. The smallest absolute Gasteiger partial charge is 0.312 e. The van der Waals surface area contributed by atoms with Gasteiger partial charge in [0, 0.05) is 63.3 Å². The van der Waals surface area contributed by atoms with Gasteiger partial charge >= 0.3 is 5.97 Å². The average Bonchev–Trinajstić information content (AvgIpc) is 3.51. The van der Waals surface area contributed by atoms with Gasteiger partial charge in [0.1, 0.15) is 11.8 Å². The standard InChI is InChI=1S/C44H53N9O7/c1-44(2,3)43(59)60-26-52-37(55)12-11-34(41(52)57)53-40(56)31-8-6-9-33(38(31)42(53)58)49-19-15-27(16-20-49)48-17-13-28(14-18-48)50-21-22-51-29(25-50)24-45-39-35(51)23-32(46-47-39)30-7-4-5-10-36(30)54/h4-10,23,27-29,34,54H,11-22,24-26H2,1-3H3,(H,45,47)/t29-,34?/m0/s1. The highest BCUT2D eigenvalue weighted by atomic mass is 16.5. The second kappa shape index (κ2) is 15.8. The fraction of sp³-hybridized carbons (Fsp3) is 0.523. The van der Waals surface area contributed by atoms with Gasteiger partial charge in [-0.05, 0) is 96.3 Å². The number of rotatable bonds is 7. The summed E-state index contributed by atoms with van der Waals surface area (Å²) in [5, 5.41) is 22.8. The number of hydrogen-bond acceptors (Lipinski definition) is 14. The Morgan fingerprint density at radius 2 is 1.52 bits per heavy atom. The molecule has 7 heterocycles. The third-order valence-electron chi connectivity index (χ3n) is 13.3. The first kappa shape index (κ1) is 39.8. The molecule has 6 aliphatic rings. The largest absolute Gasteiger partial charge is 0.507 e. The number of esters is 1. The van der Waals surface area contributed by atoms with Gasteiger partial charge in [-0.25, -0.2) is 4.90 Å². The summed E-state index contributed by atoms with van der Waals surface area (Å²) in [6.45, 7) is 11.7. The topological polar surface area (TPSA) is 172 Å². The summed E-state index contributed by atoms with van der Waals surface area (Å²) in [6.07, 6.45) is 4.05. The van der Waals surface area contributed by atoms with Gasteiger partial charge in [0.05, 0.1) is 39.7 Å². The van der Waals surface area contributed by atoms with Crippen LogP contribution in [0.5, 0.6) is 5.75 Å². The molecule has 4 fully saturated rings. The predicted octanol–water partition coefficient (Wildman–Crippen LogP) is 3.56. The number of imide groups is 2. The van der Waals surface area contributed by atoms with E-state index in [2.05, 4.69) is 35.1 Å². The Morgan fingerprint density at radius 1 is 0.800 bits per heavy atom. The van der Waals surface area contributed by atoms with E-state index >= 15 is 0 Å². The van der Waals surface area contributed by atoms with Crippen LogP contribution in [0.1, 0.15) is 80.0 Å². The molecule has 1 unspecified atom stereocenters. The Balaban J connectivity index is 0.787. The molecule has 60 heavy (non-hydrogen) atoms. The summed E-state index contributed by atoms with van der Waals surface area (Å²) in [4.78, 5) is 78.4. The highest BCUT2D eigenvalue weighted by Crippen LogP contribution is 2.39. The zero-order chi connectivity index (χ0) is 41.9. The number of amides is 4. The Morgan fingerprint density at radius 3 is 2.27 bits per heavy atom. The number of piperazine rings is 1. The minimum atomic E-state index is -1.16. The van der Waals surface area contributed by atoms with Crippen molar-refractivity contribution in [2.24, 2.45) is 5.41 Å². The van der Waals surface area contributed by atoms with Crippen molar-refractivity contribution in [3.63, 3.8) is 0 Å². The lowest BCUT2D eigenvalue weighted by Gasteiger charge is -2.50. The minimum absolute atomic E-state index is 0.0190. The molecular formula is C44H53N9O7. The first-order chi connectivity index (χ1) is 28.9. The number of nitrogens with zero attached hydrogens (tertiary/aromatic N) is 8. The molecule has 316 valence electrons. The number of ether oxygens (including phenoxy) is 1. The second-order valence-corrected chi connectivity index (χ2v) is 17.9. The van der Waals surface area contributed by atoms with Crippen molar-refractivity contribution in [1.82, 2.24) is 29.8 Å². The van der Waals surface area contributed by atoms with Gasteiger partial charge in [-0.2, -0.15) is 0 Å². The van der Waals surface area contributed by atoms with Crippen molar-refractivity contribution < 1.29 is 33.8 Å². The van der Waals surface area contributed by atoms with Crippen LogP contribution < -0.4 is 15.1 Å². The monoisotopic (exact) mass is 819 g/mol. The maximum atomic E-state index is 14.1. The molecule has 0 radical (unpaired) electrons. The normalized spacial score (nSPS) is 23.4. The van der Waals surface area contributed by atoms with Crippen LogP contribution in [0.4, 0.5) is 17.2 Å². The summed E-state index contributed by atoms with van der Waals surface area (Å²) in [5.74, 6) is -1.90. The number of aromatic nitrogens is 2. The Kier molecular flexibility index (Phi) is 10.5. The molecule has 2 N–H and O–H groups in total. The number of nitrogens with one attached hydrogen (secondary N) is 1. The zero-order valence-electron chi connectivity index (χ0n) is 34.5. The van der Waals surface area contributed by atoms with Gasteiger partial charge in [0.2, 0.25) is 5.91 Å². The fourth-order valence-electron chi connectivity index (χ4n) is 9.92. The van der Waals surface area contributed by atoms with Crippen LogP contribution in [0.3, 0.4) is 0 Å². The Bertz CT molecular complexity index is 2210. The fourth-order valence-corrected chi connectivity index (χ4v) is 9.92. The van der Waals surface area contributed by atoms with Crippen LogP contribution in [-0.2, 0) is 19.1 Å². The summed E-state index contributed by atoms with van der Waals surface area (Å²) >= 11 is 0. The van der Waals surface area contributed by atoms with E-state index < -0.39 is 47.8 Å². The third kappa shape index (κ3) is 7.22. The van der Waals surface area contributed by atoms with Crippen LogP contribution in [-0.4, -0.2) is 148 Å². The van der Waals surface area contributed by atoms with E-state index in [1.807, 2.05) is 24.3 Å². The van der Waals surface area contributed by atoms with Crippen LogP contribution in [0, 0.1) is 5.41 Å². The van der Waals surface area contributed by atoms with E-state index in [0.29, 0.717) is 40.6 Å². The maximum Gasteiger partial charge on any atom is 0.312 e. The molecule has 16 nitrogen and oxygen atoms in total. The summed E-state index contributed by atoms with van der Waals surface area (Å²) in [6, 6.07) is 14.7. The van der Waals surface area contributed by atoms with Crippen LogP contribution >= 0.6 is 0 Å². The van der Waals surface area contributed by atoms with Crippen molar-refractivity contribution in [2.45, 2.75) is 83.5 Å². The second-order valence-electron chi connectivity index (χ2n) is 17.9. The SMILES string of the molecule is CC(C)(C)C(=O)OCN1C(=O)CCC(N2C(=O)c3cccc(N4CCC(N5CCC(N6CCN7c8cc(-c9ccccc9O)nnc8NC[C@H]7C6)CC5)CC4)c3C2=O)C1=O. The number of piperidine rings is 3. The van der Waals surface area contributed by atoms with Gasteiger partial charge < -0.3 is 29.9 Å². The molecule has 0 aliphatic carbocycles. The number of para-hydroxylation sites is 1. The molecule has 1 aromatic heterocycles. The number of phenols is 1. The van der Waals surface area contributed by atoms with E-state index in [1.54, 1.807) is 45.0 Å². The summed E-state index contributed by atoms with van der Waals surface area (Å²) in [7, 11) is 0. The zero-order valence-corrected chi connectivity index (χ0v) is 34.5. The lowest BCUT2D eigenvalue weighted by atomic mass is 9.95. The average molecular weight is 820 g/mol. The van der Waals surface area contributed by atoms with Crippen molar-refractivity contribution in [1.29, 1.82) is 0 Å². The number of carbonyl (C=O) groups is 5. The van der Waals surface area contributed by atoms with Gasteiger partial charge in [-0.15, -0.1) is 10.2 Å². The maximum absolute atomic E-state index is 14.1. The van der Waals surface area contributed by atoms with Crippen LogP contribution in [0.2, 0.25) is 0 Å². The summed E-state index contributed by atoms with van der Waals surface area (Å²) < 4.78 is 5.27. The number of carbonyl (C=O) groups excluding carboxylic acids is 5. The molecular weight excluding hydrogens is 767 g/mol. The van der Waals surface area contributed by atoms with E-state index in [-0.39, 0.29) is 24.2 Å². The van der Waals surface area contributed by atoms with Gasteiger partial charge in [-0.3, -0.25) is 33.8 Å². The molecule has 0 spiro atoms. The van der Waals surface area contributed by atoms with E-state index in [0.717, 1.165) is 99.3 Å². The van der Waals surface area contributed by atoms with E-state index in [1.165, 1.54) is 0 Å². The van der Waals surface area contributed by atoms with E-state index in [9.17, 15) is 29.1 Å².